The van der Waals surface area contributed by atoms with Crippen LogP contribution in [0.4, 0.5) is 10.7 Å². The van der Waals surface area contributed by atoms with Gasteiger partial charge in [-0.05, 0) is 24.3 Å². The number of ether oxygens (including phenoxy) is 1. The maximum Gasteiger partial charge on any atom is 0.337 e. The molecule has 0 saturated carbocycles. The first-order chi connectivity index (χ1) is 7.79. The van der Waals surface area contributed by atoms with E-state index in [-0.39, 0.29) is 5.97 Å². The first-order valence-corrected chi connectivity index (χ1v) is 5.29. The average molecular weight is 235 g/mol. The lowest BCUT2D eigenvalue weighted by Crippen LogP contribution is -2.00. The highest BCUT2D eigenvalue weighted by Crippen LogP contribution is 2.18. The van der Waals surface area contributed by atoms with Crippen molar-refractivity contribution in [2.45, 2.75) is 0 Å². The molecule has 0 unspecified atom stereocenters. The summed E-state index contributed by atoms with van der Waals surface area (Å²) in [5.41, 5.74) is 1.40. The Kier molecular flexibility index (Phi) is 3.11. The number of aromatic nitrogens is 2. The highest BCUT2D eigenvalue weighted by atomic mass is 32.1. The highest BCUT2D eigenvalue weighted by Gasteiger charge is 2.04. The molecular formula is C10H9N3O2S. The third-order valence-corrected chi connectivity index (χ3v) is 2.51. The average Bonchev–Trinajstić information content (AvgIpc) is 2.82. The van der Waals surface area contributed by atoms with E-state index < -0.39 is 0 Å². The Morgan fingerprint density at radius 2 is 2.12 bits per heavy atom. The second-order valence-electron chi connectivity index (χ2n) is 2.98. The molecule has 0 aliphatic rings. The van der Waals surface area contributed by atoms with Gasteiger partial charge in [0.25, 0.3) is 0 Å². The molecule has 6 heteroatoms. The Bertz CT molecular complexity index is 467. The number of hydrogen-bond donors (Lipinski definition) is 1. The predicted octanol–water partition coefficient (Wildman–Crippen LogP) is 2.07. The van der Waals surface area contributed by atoms with E-state index in [9.17, 15) is 4.79 Å². The zero-order chi connectivity index (χ0) is 11.4. The Morgan fingerprint density at radius 1 is 1.38 bits per heavy atom. The van der Waals surface area contributed by atoms with E-state index in [0.717, 1.165) is 10.7 Å². The summed E-state index contributed by atoms with van der Waals surface area (Å²) in [7, 11) is 1.36. The molecule has 0 aliphatic heterocycles. The Hall–Kier alpha value is -1.95. The fraction of sp³-hybridized carbons (Fsp3) is 0.100. The normalized spacial score (nSPS) is 9.81. The third-order valence-electron chi connectivity index (χ3n) is 1.93. The van der Waals surface area contributed by atoms with Gasteiger partial charge in [-0.25, -0.2) is 4.79 Å². The lowest BCUT2D eigenvalue weighted by atomic mass is 10.2. The van der Waals surface area contributed by atoms with Gasteiger partial charge in [0, 0.05) is 17.2 Å². The molecule has 0 spiro atoms. The molecule has 0 saturated heterocycles. The topological polar surface area (TPSA) is 64.1 Å². The largest absolute Gasteiger partial charge is 0.465 e. The van der Waals surface area contributed by atoms with Crippen molar-refractivity contribution in [3.05, 3.63) is 36.0 Å². The molecule has 0 aliphatic carbocycles. The summed E-state index contributed by atoms with van der Waals surface area (Å²) in [5, 5.41) is 7.67. The molecule has 0 atom stereocenters. The van der Waals surface area contributed by atoms with Crippen LogP contribution in [0.15, 0.2) is 30.5 Å². The Morgan fingerprint density at radius 3 is 2.69 bits per heavy atom. The highest BCUT2D eigenvalue weighted by molar-refractivity contribution is 7.09. The zero-order valence-corrected chi connectivity index (χ0v) is 9.32. The fourth-order valence-corrected chi connectivity index (χ4v) is 1.61. The summed E-state index contributed by atoms with van der Waals surface area (Å²) in [6.45, 7) is 0. The van der Waals surface area contributed by atoms with Crippen LogP contribution in [-0.4, -0.2) is 22.7 Å². The Labute approximate surface area is 96.2 Å². The van der Waals surface area contributed by atoms with Crippen LogP contribution in [-0.2, 0) is 4.74 Å². The summed E-state index contributed by atoms with van der Waals surface area (Å²) in [4.78, 5) is 11.2. The van der Waals surface area contributed by atoms with E-state index in [1.807, 2.05) is 0 Å². The van der Waals surface area contributed by atoms with Gasteiger partial charge in [0.1, 0.15) is 5.00 Å². The predicted molar refractivity (Wildman–Crippen MR) is 61.0 cm³/mol. The van der Waals surface area contributed by atoms with E-state index in [0.29, 0.717) is 5.56 Å². The van der Waals surface area contributed by atoms with Crippen LogP contribution >= 0.6 is 11.5 Å². The van der Waals surface area contributed by atoms with Gasteiger partial charge in [-0.15, -0.1) is 5.10 Å². The van der Waals surface area contributed by atoms with Crippen LogP contribution in [0.25, 0.3) is 0 Å². The van der Waals surface area contributed by atoms with Crippen LogP contribution in [0, 0.1) is 0 Å². The molecule has 82 valence electrons. The lowest BCUT2D eigenvalue weighted by molar-refractivity contribution is 0.0601. The van der Waals surface area contributed by atoms with Crippen LogP contribution in [0.5, 0.6) is 0 Å². The molecule has 16 heavy (non-hydrogen) atoms. The lowest BCUT2D eigenvalue weighted by Gasteiger charge is -2.03. The number of anilines is 2. The van der Waals surface area contributed by atoms with Gasteiger partial charge in [-0.1, -0.05) is 4.49 Å². The SMILES string of the molecule is COC(=O)c1ccc(Nc2cnns2)cc1. The van der Waals surface area contributed by atoms with Crippen molar-refractivity contribution in [3.8, 4) is 0 Å². The summed E-state index contributed by atoms with van der Waals surface area (Å²) in [6, 6.07) is 6.99. The number of carbonyl (C=O) groups excluding carboxylic acids is 1. The molecular weight excluding hydrogens is 226 g/mol. The summed E-state index contributed by atoms with van der Waals surface area (Å²) < 4.78 is 8.34. The van der Waals surface area contributed by atoms with Gasteiger partial charge in [0.15, 0.2) is 0 Å². The standard InChI is InChI=1S/C10H9N3O2S/c1-15-10(14)7-2-4-8(5-3-7)12-9-6-11-13-16-9/h2-6,12H,1H3. The Balaban J connectivity index is 2.10. The minimum atomic E-state index is -0.342. The summed E-state index contributed by atoms with van der Waals surface area (Å²) >= 11 is 1.27. The van der Waals surface area contributed by atoms with Gasteiger partial charge in [0.2, 0.25) is 0 Å². The molecule has 0 amide bonds. The van der Waals surface area contributed by atoms with Crippen molar-refractivity contribution in [1.29, 1.82) is 0 Å². The second-order valence-corrected chi connectivity index (χ2v) is 3.76. The van der Waals surface area contributed by atoms with Crippen molar-refractivity contribution in [3.63, 3.8) is 0 Å². The van der Waals surface area contributed by atoms with Gasteiger partial charge in [-0.2, -0.15) is 0 Å². The zero-order valence-electron chi connectivity index (χ0n) is 8.51. The van der Waals surface area contributed by atoms with E-state index in [2.05, 4.69) is 19.6 Å². The first kappa shape index (κ1) is 10.6. The maximum absolute atomic E-state index is 11.2. The molecule has 1 heterocycles. The number of methoxy groups -OCH3 is 1. The van der Waals surface area contributed by atoms with Gasteiger partial charge in [0.05, 0.1) is 18.9 Å². The van der Waals surface area contributed by atoms with Crippen LogP contribution < -0.4 is 5.32 Å². The smallest absolute Gasteiger partial charge is 0.337 e. The monoisotopic (exact) mass is 235 g/mol. The van der Waals surface area contributed by atoms with Crippen molar-refractivity contribution >= 4 is 28.2 Å². The number of hydrogen-bond acceptors (Lipinski definition) is 6. The summed E-state index contributed by atoms with van der Waals surface area (Å²) in [6.07, 6.45) is 1.64. The van der Waals surface area contributed by atoms with Crippen molar-refractivity contribution in [2.75, 3.05) is 12.4 Å². The minimum Gasteiger partial charge on any atom is -0.465 e. The molecule has 2 rings (SSSR count). The van der Waals surface area contributed by atoms with E-state index >= 15 is 0 Å². The fourth-order valence-electron chi connectivity index (χ4n) is 1.17. The number of rotatable bonds is 3. The van der Waals surface area contributed by atoms with Crippen LogP contribution in [0.1, 0.15) is 10.4 Å². The van der Waals surface area contributed by atoms with Gasteiger partial charge in [-0.3, -0.25) is 0 Å². The first-order valence-electron chi connectivity index (χ1n) is 4.52. The van der Waals surface area contributed by atoms with E-state index in [1.165, 1.54) is 18.6 Å². The number of carbonyl (C=O) groups is 1. The molecule has 1 aromatic carbocycles. The van der Waals surface area contributed by atoms with Gasteiger partial charge >= 0.3 is 5.97 Å². The van der Waals surface area contributed by atoms with Crippen molar-refractivity contribution < 1.29 is 9.53 Å². The van der Waals surface area contributed by atoms with E-state index in [4.69, 9.17) is 0 Å². The molecule has 2 aromatic rings. The van der Waals surface area contributed by atoms with Gasteiger partial charge < -0.3 is 10.1 Å². The molecule has 1 aromatic heterocycles. The van der Waals surface area contributed by atoms with Crippen LogP contribution in [0.3, 0.4) is 0 Å². The number of nitrogens with one attached hydrogen (secondary N) is 1. The van der Waals surface area contributed by atoms with E-state index in [1.54, 1.807) is 30.5 Å². The molecule has 0 radical (unpaired) electrons. The quantitative estimate of drug-likeness (QED) is 0.825. The minimum absolute atomic E-state index is 0.342. The maximum atomic E-state index is 11.2. The van der Waals surface area contributed by atoms with Crippen molar-refractivity contribution in [1.82, 2.24) is 9.59 Å². The number of nitrogens with zero attached hydrogens (tertiary/aromatic N) is 2. The van der Waals surface area contributed by atoms with Crippen LogP contribution in [0.2, 0.25) is 0 Å². The van der Waals surface area contributed by atoms with Crippen molar-refractivity contribution in [2.24, 2.45) is 0 Å². The molecule has 5 nitrogen and oxygen atoms in total. The molecule has 1 N–H and O–H groups in total. The molecule has 0 bridgehead atoms. The third kappa shape index (κ3) is 2.34. The number of esters is 1. The summed E-state index contributed by atoms with van der Waals surface area (Å²) in [5.74, 6) is -0.342. The number of benzene rings is 1. The second kappa shape index (κ2) is 4.71. The molecule has 0 fully saturated rings.